The number of carbonyl (C=O) groups excluding carboxylic acids is 3. The molecule has 1 amide bonds. The Morgan fingerprint density at radius 1 is 1.00 bits per heavy atom. The molecule has 0 unspecified atom stereocenters. The van der Waals surface area contributed by atoms with Crippen molar-refractivity contribution in [2.75, 3.05) is 57.6 Å². The summed E-state index contributed by atoms with van der Waals surface area (Å²) in [6, 6.07) is 12.1. The number of esters is 2. The summed E-state index contributed by atoms with van der Waals surface area (Å²) in [4.78, 5) is 49.2. The van der Waals surface area contributed by atoms with Crippen molar-refractivity contribution in [1.82, 2.24) is 19.8 Å². The normalized spacial score (nSPS) is 14.5. The number of nitrogens with zero attached hydrogens (tertiary/aromatic N) is 4. The molecule has 1 saturated heterocycles. The van der Waals surface area contributed by atoms with Crippen molar-refractivity contribution in [2.45, 2.75) is 6.04 Å². The number of piperazine rings is 1. The van der Waals surface area contributed by atoms with Gasteiger partial charge in [-0.2, -0.15) is 0 Å². The van der Waals surface area contributed by atoms with Crippen LogP contribution < -0.4 is 10.6 Å². The van der Waals surface area contributed by atoms with Crippen molar-refractivity contribution in [2.24, 2.45) is 0 Å². The molecule has 0 spiro atoms. The van der Waals surface area contributed by atoms with Gasteiger partial charge in [-0.3, -0.25) is 14.6 Å². The molecule has 2 aromatic carbocycles. The molecule has 11 nitrogen and oxygen atoms in total. The molecule has 2 heterocycles. The van der Waals surface area contributed by atoms with E-state index in [2.05, 4.69) is 41.4 Å². The summed E-state index contributed by atoms with van der Waals surface area (Å²) in [6.45, 7) is 2.77. The predicted molar refractivity (Wildman–Crippen MR) is 151 cm³/mol. The average molecular weight is 597 g/mol. The van der Waals surface area contributed by atoms with E-state index in [1.807, 2.05) is 36.4 Å². The van der Waals surface area contributed by atoms with Gasteiger partial charge in [0.1, 0.15) is 12.1 Å². The number of benzene rings is 2. The topological polar surface area (TPSA) is 126 Å². The van der Waals surface area contributed by atoms with Crippen molar-refractivity contribution in [3.8, 4) is 0 Å². The molecule has 1 fully saturated rings. The molecular weight excluding hydrogens is 568 g/mol. The molecule has 3 aromatic rings. The Morgan fingerprint density at radius 3 is 2.44 bits per heavy atom. The Hall–Kier alpha value is -3.87. The monoisotopic (exact) mass is 596 g/mol. The predicted octanol–water partition coefficient (Wildman–Crippen LogP) is 2.96. The van der Waals surface area contributed by atoms with E-state index in [0.29, 0.717) is 44.2 Å². The molecule has 204 valence electrons. The molecule has 0 aliphatic carbocycles. The minimum absolute atomic E-state index is 0.261. The fraction of sp³-hybridized carbons (Fsp3) is 0.296. The SMILES string of the molecule is COC(=O)C(C(=O)OC)N1CCN(CC=CC(=O)Nc2ccc3ncnc(Nc4cccc(Br)c4)c3c2)CC1. The number of ether oxygens (including phenoxy) is 2. The summed E-state index contributed by atoms with van der Waals surface area (Å²) in [5, 5.41) is 6.96. The van der Waals surface area contributed by atoms with E-state index in [-0.39, 0.29) is 5.91 Å². The number of halogens is 1. The van der Waals surface area contributed by atoms with Crippen LogP contribution in [-0.4, -0.2) is 90.6 Å². The van der Waals surface area contributed by atoms with Gasteiger partial charge in [0.25, 0.3) is 0 Å². The van der Waals surface area contributed by atoms with Crippen LogP contribution in [0.2, 0.25) is 0 Å². The molecule has 39 heavy (non-hydrogen) atoms. The number of carbonyl (C=O) groups is 3. The minimum atomic E-state index is -1.07. The van der Waals surface area contributed by atoms with Gasteiger partial charge in [0.15, 0.2) is 0 Å². The van der Waals surface area contributed by atoms with E-state index in [1.165, 1.54) is 26.6 Å². The third kappa shape index (κ3) is 7.37. The van der Waals surface area contributed by atoms with Gasteiger partial charge in [0.05, 0.1) is 19.7 Å². The Bertz CT molecular complexity index is 1360. The molecule has 0 bridgehead atoms. The summed E-state index contributed by atoms with van der Waals surface area (Å²) < 4.78 is 10.5. The van der Waals surface area contributed by atoms with E-state index < -0.39 is 18.0 Å². The quantitative estimate of drug-likeness (QED) is 0.216. The lowest BCUT2D eigenvalue weighted by atomic mass is 10.2. The Labute approximate surface area is 234 Å². The highest BCUT2D eigenvalue weighted by Gasteiger charge is 2.36. The first-order valence-corrected chi connectivity index (χ1v) is 13.0. The Balaban J connectivity index is 1.32. The zero-order chi connectivity index (χ0) is 27.8. The summed E-state index contributed by atoms with van der Waals surface area (Å²) in [6.07, 6.45) is 4.77. The Morgan fingerprint density at radius 2 is 1.74 bits per heavy atom. The lowest BCUT2D eigenvalue weighted by molar-refractivity contribution is -0.161. The van der Waals surface area contributed by atoms with Gasteiger partial charge in [-0.25, -0.2) is 19.6 Å². The fourth-order valence-electron chi connectivity index (χ4n) is 4.25. The van der Waals surface area contributed by atoms with Crippen molar-refractivity contribution < 1.29 is 23.9 Å². The lowest BCUT2D eigenvalue weighted by Crippen LogP contribution is -2.56. The number of aromatic nitrogens is 2. The van der Waals surface area contributed by atoms with E-state index >= 15 is 0 Å². The van der Waals surface area contributed by atoms with Crippen LogP contribution in [0.15, 0.2) is 65.4 Å². The van der Waals surface area contributed by atoms with Crippen LogP contribution in [0, 0.1) is 0 Å². The maximum Gasteiger partial charge on any atom is 0.334 e. The van der Waals surface area contributed by atoms with Crippen molar-refractivity contribution in [3.05, 3.63) is 65.4 Å². The number of amides is 1. The molecule has 0 radical (unpaired) electrons. The van der Waals surface area contributed by atoms with Crippen LogP contribution in [-0.2, 0) is 23.9 Å². The third-order valence-electron chi connectivity index (χ3n) is 6.24. The number of fused-ring (bicyclic) bond motifs is 1. The van der Waals surface area contributed by atoms with Gasteiger partial charge in [-0.05, 0) is 36.4 Å². The largest absolute Gasteiger partial charge is 0.467 e. The highest BCUT2D eigenvalue weighted by atomic mass is 79.9. The number of hydrogen-bond acceptors (Lipinski definition) is 10. The number of methoxy groups -OCH3 is 2. The molecule has 0 atom stereocenters. The number of hydrogen-bond donors (Lipinski definition) is 2. The second-order valence-electron chi connectivity index (χ2n) is 8.77. The second-order valence-corrected chi connectivity index (χ2v) is 9.68. The molecule has 0 saturated carbocycles. The maximum atomic E-state index is 12.6. The summed E-state index contributed by atoms with van der Waals surface area (Å²) in [7, 11) is 2.49. The minimum Gasteiger partial charge on any atom is -0.467 e. The van der Waals surface area contributed by atoms with Gasteiger partial charge in [-0.15, -0.1) is 0 Å². The van der Waals surface area contributed by atoms with Crippen LogP contribution in [0.25, 0.3) is 10.9 Å². The van der Waals surface area contributed by atoms with E-state index in [9.17, 15) is 14.4 Å². The molecule has 2 N–H and O–H groups in total. The van der Waals surface area contributed by atoms with Crippen molar-refractivity contribution in [1.29, 1.82) is 0 Å². The molecule has 4 rings (SSSR count). The maximum absolute atomic E-state index is 12.6. The van der Waals surface area contributed by atoms with E-state index in [4.69, 9.17) is 9.47 Å². The summed E-state index contributed by atoms with van der Waals surface area (Å²) >= 11 is 3.47. The summed E-state index contributed by atoms with van der Waals surface area (Å²) in [5.41, 5.74) is 2.24. The van der Waals surface area contributed by atoms with Gasteiger partial charge in [0, 0.05) is 60.0 Å². The number of rotatable bonds is 9. The zero-order valence-electron chi connectivity index (χ0n) is 21.6. The van der Waals surface area contributed by atoms with Crippen LogP contribution in [0.4, 0.5) is 17.2 Å². The number of nitrogens with one attached hydrogen (secondary N) is 2. The zero-order valence-corrected chi connectivity index (χ0v) is 23.2. The molecule has 1 aliphatic rings. The number of anilines is 3. The third-order valence-corrected chi connectivity index (χ3v) is 6.74. The second kappa shape index (κ2) is 13.3. The summed E-state index contributed by atoms with van der Waals surface area (Å²) in [5.74, 6) is -0.903. The average Bonchev–Trinajstić information content (AvgIpc) is 2.94. The molecular formula is C27H29BrN6O5. The Kier molecular flexibility index (Phi) is 9.58. The van der Waals surface area contributed by atoms with Gasteiger partial charge < -0.3 is 20.1 Å². The van der Waals surface area contributed by atoms with Crippen LogP contribution in [0.1, 0.15) is 0 Å². The van der Waals surface area contributed by atoms with E-state index in [1.54, 1.807) is 17.0 Å². The highest BCUT2D eigenvalue weighted by molar-refractivity contribution is 9.10. The van der Waals surface area contributed by atoms with Crippen LogP contribution in [0.3, 0.4) is 0 Å². The highest BCUT2D eigenvalue weighted by Crippen LogP contribution is 2.27. The smallest absolute Gasteiger partial charge is 0.334 e. The van der Waals surface area contributed by atoms with Gasteiger partial charge in [0.2, 0.25) is 11.9 Å². The first-order valence-electron chi connectivity index (χ1n) is 12.2. The molecule has 12 heteroatoms. The molecule has 1 aromatic heterocycles. The van der Waals surface area contributed by atoms with Crippen molar-refractivity contribution in [3.63, 3.8) is 0 Å². The standard InChI is InChI=1S/C27H29BrN6O5/c1-38-26(36)24(27(37)39-2)34-13-11-33(12-14-34)10-4-7-23(35)31-20-8-9-22-21(16-20)25(30-17-29-22)32-19-6-3-5-18(28)15-19/h3-9,15-17,24H,10-14H2,1-2H3,(H,31,35)(H,29,30,32). The first-order chi connectivity index (χ1) is 18.9. The first kappa shape index (κ1) is 28.1. The van der Waals surface area contributed by atoms with Crippen molar-refractivity contribution >= 4 is 61.9 Å². The van der Waals surface area contributed by atoms with Crippen LogP contribution in [0.5, 0.6) is 0 Å². The lowest BCUT2D eigenvalue weighted by Gasteiger charge is -2.36. The van der Waals surface area contributed by atoms with Crippen LogP contribution >= 0.6 is 15.9 Å². The fourth-order valence-corrected chi connectivity index (χ4v) is 4.65. The van der Waals surface area contributed by atoms with Gasteiger partial charge in [-0.1, -0.05) is 28.1 Å². The van der Waals surface area contributed by atoms with Gasteiger partial charge >= 0.3 is 11.9 Å². The van der Waals surface area contributed by atoms with E-state index in [0.717, 1.165) is 21.1 Å². The molecule has 1 aliphatic heterocycles.